The number of nitrogens with two attached hydrogens (primary N) is 1. The second-order valence-corrected chi connectivity index (χ2v) is 4.72. The van der Waals surface area contributed by atoms with Gasteiger partial charge in [-0.15, -0.1) is 0 Å². The van der Waals surface area contributed by atoms with E-state index in [1.807, 2.05) is 6.92 Å². The average Bonchev–Trinajstić information content (AvgIpc) is 2.67. The van der Waals surface area contributed by atoms with Crippen LogP contribution in [0.25, 0.3) is 10.3 Å². The predicted molar refractivity (Wildman–Crippen MR) is 68.5 cm³/mol. The second-order valence-electron chi connectivity index (χ2n) is 3.69. The monoisotopic (exact) mass is 254 g/mol. The molecule has 0 unspecified atom stereocenters. The van der Waals surface area contributed by atoms with Gasteiger partial charge in [-0.25, -0.2) is 9.78 Å². The van der Waals surface area contributed by atoms with Crippen LogP contribution in [-0.2, 0) is 13.1 Å². The summed E-state index contributed by atoms with van der Waals surface area (Å²) in [4.78, 5) is 28.2. The van der Waals surface area contributed by atoms with Crippen LogP contribution in [0.3, 0.4) is 0 Å². The first-order chi connectivity index (χ1) is 8.10. The molecule has 7 heteroatoms. The SMILES string of the molecule is CCCn1c(=O)n(CC)c(=O)c2sc(N)nc21. The van der Waals surface area contributed by atoms with Gasteiger partial charge in [0, 0.05) is 13.1 Å². The van der Waals surface area contributed by atoms with Crippen molar-refractivity contribution in [2.24, 2.45) is 0 Å². The fourth-order valence-electron chi connectivity index (χ4n) is 1.80. The number of anilines is 1. The zero-order valence-electron chi connectivity index (χ0n) is 9.77. The van der Waals surface area contributed by atoms with E-state index in [1.165, 1.54) is 9.13 Å². The molecule has 2 rings (SSSR count). The van der Waals surface area contributed by atoms with E-state index in [-0.39, 0.29) is 11.2 Å². The van der Waals surface area contributed by atoms with Crippen molar-refractivity contribution in [2.75, 3.05) is 5.73 Å². The molecule has 0 saturated carbocycles. The van der Waals surface area contributed by atoms with Crippen molar-refractivity contribution in [3.63, 3.8) is 0 Å². The molecule has 0 aromatic carbocycles. The van der Waals surface area contributed by atoms with Crippen LogP contribution in [0, 0.1) is 0 Å². The van der Waals surface area contributed by atoms with Crippen LogP contribution in [0.1, 0.15) is 20.3 Å². The van der Waals surface area contributed by atoms with Crippen LogP contribution in [0.15, 0.2) is 9.59 Å². The van der Waals surface area contributed by atoms with E-state index in [9.17, 15) is 9.59 Å². The summed E-state index contributed by atoms with van der Waals surface area (Å²) < 4.78 is 3.19. The lowest BCUT2D eigenvalue weighted by Crippen LogP contribution is -2.39. The van der Waals surface area contributed by atoms with Crippen molar-refractivity contribution in [2.45, 2.75) is 33.4 Å². The normalized spacial score (nSPS) is 11.2. The van der Waals surface area contributed by atoms with E-state index in [4.69, 9.17) is 5.73 Å². The van der Waals surface area contributed by atoms with Crippen molar-refractivity contribution < 1.29 is 0 Å². The van der Waals surface area contributed by atoms with E-state index in [1.54, 1.807) is 6.92 Å². The van der Waals surface area contributed by atoms with E-state index < -0.39 is 0 Å². The molecule has 2 aromatic heterocycles. The van der Waals surface area contributed by atoms with Crippen LogP contribution in [0.2, 0.25) is 0 Å². The summed E-state index contributed by atoms with van der Waals surface area (Å²) in [6.07, 6.45) is 0.800. The number of thiazole rings is 1. The standard InChI is InChI=1S/C10H14N4O2S/c1-3-5-14-7-6(17-9(11)12-7)8(15)13(4-2)10(14)16/h3-5H2,1-2H3,(H2,11,12). The summed E-state index contributed by atoms with van der Waals surface area (Å²) in [5.41, 5.74) is 5.42. The minimum atomic E-state index is -0.308. The molecule has 0 aliphatic heterocycles. The molecule has 2 aromatic rings. The molecule has 6 nitrogen and oxygen atoms in total. The van der Waals surface area contributed by atoms with Crippen molar-refractivity contribution in [3.05, 3.63) is 20.8 Å². The summed E-state index contributed by atoms with van der Waals surface area (Å²) in [7, 11) is 0. The molecule has 0 amide bonds. The van der Waals surface area contributed by atoms with E-state index in [2.05, 4.69) is 4.98 Å². The molecule has 0 radical (unpaired) electrons. The highest BCUT2D eigenvalue weighted by Gasteiger charge is 2.15. The van der Waals surface area contributed by atoms with E-state index in [0.29, 0.717) is 28.6 Å². The lowest BCUT2D eigenvalue weighted by atomic mass is 10.4. The molecule has 0 aliphatic carbocycles. The zero-order chi connectivity index (χ0) is 12.6. The third kappa shape index (κ3) is 1.76. The highest BCUT2D eigenvalue weighted by atomic mass is 32.1. The first kappa shape index (κ1) is 11.8. The lowest BCUT2D eigenvalue weighted by Gasteiger charge is -2.08. The lowest BCUT2D eigenvalue weighted by molar-refractivity contribution is 0.581. The zero-order valence-corrected chi connectivity index (χ0v) is 10.6. The highest BCUT2D eigenvalue weighted by molar-refractivity contribution is 7.21. The average molecular weight is 254 g/mol. The fourth-order valence-corrected chi connectivity index (χ4v) is 2.59. The van der Waals surface area contributed by atoms with Gasteiger partial charge in [-0.05, 0) is 13.3 Å². The molecule has 0 atom stereocenters. The Hall–Kier alpha value is -1.63. The molecule has 2 heterocycles. The Bertz CT molecular complexity index is 667. The summed E-state index contributed by atoms with van der Waals surface area (Å²) >= 11 is 1.13. The molecule has 0 fully saturated rings. The molecule has 17 heavy (non-hydrogen) atoms. The maximum Gasteiger partial charge on any atom is 0.332 e. The van der Waals surface area contributed by atoms with Gasteiger partial charge >= 0.3 is 5.69 Å². The topological polar surface area (TPSA) is 82.9 Å². The van der Waals surface area contributed by atoms with Crippen molar-refractivity contribution in [1.29, 1.82) is 0 Å². The van der Waals surface area contributed by atoms with Crippen LogP contribution >= 0.6 is 11.3 Å². The first-order valence-corrected chi connectivity index (χ1v) is 6.31. The molecule has 92 valence electrons. The Kier molecular flexibility index (Phi) is 3.01. The van der Waals surface area contributed by atoms with E-state index >= 15 is 0 Å². The minimum absolute atomic E-state index is 0.297. The molecule has 0 spiro atoms. The van der Waals surface area contributed by atoms with Crippen molar-refractivity contribution in [3.8, 4) is 0 Å². The van der Waals surface area contributed by atoms with Gasteiger partial charge in [0.2, 0.25) is 0 Å². The number of aromatic nitrogens is 3. The second kappa shape index (κ2) is 4.33. The summed E-state index contributed by atoms with van der Waals surface area (Å²) in [6, 6.07) is 0. The van der Waals surface area contributed by atoms with Gasteiger partial charge in [-0.3, -0.25) is 13.9 Å². The highest BCUT2D eigenvalue weighted by Crippen LogP contribution is 2.19. The minimum Gasteiger partial charge on any atom is -0.375 e. The molecule has 0 bridgehead atoms. The van der Waals surface area contributed by atoms with Gasteiger partial charge < -0.3 is 5.73 Å². The van der Waals surface area contributed by atoms with E-state index in [0.717, 1.165) is 17.8 Å². The summed E-state index contributed by atoms with van der Waals surface area (Å²) in [6.45, 7) is 4.64. The third-order valence-electron chi connectivity index (χ3n) is 2.55. The van der Waals surface area contributed by atoms with Gasteiger partial charge in [0.1, 0.15) is 4.70 Å². The third-order valence-corrected chi connectivity index (χ3v) is 3.41. The van der Waals surface area contributed by atoms with Gasteiger partial charge in [-0.1, -0.05) is 18.3 Å². The molecule has 0 aliphatic rings. The fraction of sp³-hybridized carbons (Fsp3) is 0.500. The van der Waals surface area contributed by atoms with Crippen LogP contribution < -0.4 is 17.0 Å². The molecule has 2 N–H and O–H groups in total. The number of fused-ring (bicyclic) bond motifs is 1. The Balaban J connectivity index is 2.95. The Morgan fingerprint density at radius 1 is 1.29 bits per heavy atom. The number of nitrogens with zero attached hydrogens (tertiary/aromatic N) is 3. The number of aryl methyl sites for hydroxylation is 1. The van der Waals surface area contributed by atoms with Crippen LogP contribution in [0.4, 0.5) is 5.13 Å². The van der Waals surface area contributed by atoms with Gasteiger partial charge in [0.25, 0.3) is 5.56 Å². The molecular weight excluding hydrogens is 240 g/mol. The maximum absolute atomic E-state index is 12.1. The largest absolute Gasteiger partial charge is 0.375 e. The van der Waals surface area contributed by atoms with Crippen LogP contribution in [-0.4, -0.2) is 14.1 Å². The number of hydrogen-bond donors (Lipinski definition) is 1. The summed E-state index contributed by atoms with van der Waals surface area (Å²) in [5, 5.41) is 0.315. The maximum atomic E-state index is 12.1. The molecule has 0 saturated heterocycles. The number of hydrogen-bond acceptors (Lipinski definition) is 5. The van der Waals surface area contributed by atoms with Crippen molar-refractivity contribution >= 4 is 26.8 Å². The number of rotatable bonds is 3. The van der Waals surface area contributed by atoms with Gasteiger partial charge in [0.05, 0.1) is 0 Å². The van der Waals surface area contributed by atoms with Gasteiger partial charge in [-0.2, -0.15) is 0 Å². The summed E-state index contributed by atoms with van der Waals surface area (Å²) in [5.74, 6) is 0. The van der Waals surface area contributed by atoms with Gasteiger partial charge in [0.15, 0.2) is 10.8 Å². The Morgan fingerprint density at radius 2 is 2.00 bits per heavy atom. The Morgan fingerprint density at radius 3 is 2.59 bits per heavy atom. The van der Waals surface area contributed by atoms with Crippen molar-refractivity contribution in [1.82, 2.24) is 14.1 Å². The smallest absolute Gasteiger partial charge is 0.332 e. The van der Waals surface area contributed by atoms with Crippen LogP contribution in [0.5, 0.6) is 0 Å². The predicted octanol–water partition coefficient (Wildman–Crippen LogP) is 0.632. The first-order valence-electron chi connectivity index (χ1n) is 5.49. The quantitative estimate of drug-likeness (QED) is 0.871. The Labute approximate surface area is 101 Å². The molecular formula is C10H14N4O2S. The number of nitrogen functional groups attached to an aromatic ring is 1.